The third-order valence-corrected chi connectivity index (χ3v) is 6.00. The van der Waals surface area contributed by atoms with Gasteiger partial charge in [0.05, 0.1) is 20.6 Å². The number of furan rings is 1. The summed E-state index contributed by atoms with van der Waals surface area (Å²) in [4.78, 5) is 38.1. The molecule has 0 spiro atoms. The Bertz CT molecular complexity index is 1500. The average Bonchev–Trinajstić information content (AvgIpc) is 3.19. The highest BCUT2D eigenvalue weighted by atomic mass is 16.5. The van der Waals surface area contributed by atoms with E-state index in [0.717, 1.165) is 16.5 Å². The van der Waals surface area contributed by atoms with Crippen LogP contribution in [-0.2, 0) is 20.7 Å². The molecule has 2 aromatic heterocycles. The number of rotatable bonds is 8. The third-order valence-electron chi connectivity index (χ3n) is 6.00. The van der Waals surface area contributed by atoms with Crippen LogP contribution in [0.4, 0.5) is 0 Å². The standard InChI is InChI=1S/C28H29NO7/c1-15(2)10-22(27(31)34-5)29-24(30)14-21-25-23(11-16(3)35-28(25)32)36-26(21)19-7-6-18-13-20(33-4)9-8-17(18)12-19/h6-9,11-13,15,22H,10,14H2,1-5H3,(H,29,30)/t22-/m0/s1. The lowest BCUT2D eigenvalue weighted by molar-refractivity contribution is -0.145. The molecule has 2 heterocycles. The third kappa shape index (κ3) is 5.12. The van der Waals surface area contributed by atoms with Crippen LogP contribution in [0.5, 0.6) is 5.75 Å². The Kier molecular flexibility index (Phi) is 7.15. The number of aryl methyl sites for hydroxylation is 1. The number of carbonyl (C=O) groups is 2. The molecule has 4 rings (SSSR count). The van der Waals surface area contributed by atoms with Gasteiger partial charge in [-0.05, 0) is 48.2 Å². The summed E-state index contributed by atoms with van der Waals surface area (Å²) in [6.45, 7) is 5.56. The minimum Gasteiger partial charge on any atom is -0.497 e. The van der Waals surface area contributed by atoms with Gasteiger partial charge in [0.2, 0.25) is 5.91 Å². The van der Waals surface area contributed by atoms with Crippen LogP contribution in [0.15, 0.2) is 56.1 Å². The Balaban J connectivity index is 1.78. The van der Waals surface area contributed by atoms with Crippen LogP contribution in [-0.4, -0.2) is 32.1 Å². The van der Waals surface area contributed by atoms with Crippen molar-refractivity contribution >= 4 is 33.6 Å². The van der Waals surface area contributed by atoms with Crippen molar-refractivity contribution in [3.8, 4) is 17.1 Å². The zero-order valence-electron chi connectivity index (χ0n) is 21.0. The smallest absolute Gasteiger partial charge is 0.347 e. The maximum absolute atomic E-state index is 13.1. The van der Waals surface area contributed by atoms with Crippen molar-refractivity contribution in [2.75, 3.05) is 14.2 Å². The quantitative estimate of drug-likeness (QED) is 0.354. The molecule has 36 heavy (non-hydrogen) atoms. The van der Waals surface area contributed by atoms with E-state index in [1.807, 2.05) is 50.2 Å². The zero-order valence-corrected chi connectivity index (χ0v) is 21.0. The lowest BCUT2D eigenvalue weighted by Crippen LogP contribution is -2.43. The van der Waals surface area contributed by atoms with Gasteiger partial charge in [-0.3, -0.25) is 4.79 Å². The molecule has 0 aliphatic carbocycles. The van der Waals surface area contributed by atoms with Gasteiger partial charge in [-0.25, -0.2) is 9.59 Å². The van der Waals surface area contributed by atoms with Crippen LogP contribution >= 0.6 is 0 Å². The Labute approximate surface area is 208 Å². The first-order valence-corrected chi connectivity index (χ1v) is 11.7. The van der Waals surface area contributed by atoms with Gasteiger partial charge in [-0.15, -0.1) is 0 Å². The van der Waals surface area contributed by atoms with Crippen LogP contribution < -0.4 is 15.7 Å². The number of hydrogen-bond donors (Lipinski definition) is 1. The van der Waals surface area contributed by atoms with E-state index in [9.17, 15) is 14.4 Å². The molecule has 0 aliphatic rings. The summed E-state index contributed by atoms with van der Waals surface area (Å²) in [6, 6.07) is 12.3. The molecule has 8 nitrogen and oxygen atoms in total. The van der Waals surface area contributed by atoms with E-state index in [1.165, 1.54) is 7.11 Å². The Hall–Kier alpha value is -4.07. The van der Waals surface area contributed by atoms with Crippen LogP contribution in [0.25, 0.3) is 33.1 Å². The maximum atomic E-state index is 13.1. The molecule has 0 saturated heterocycles. The number of ether oxygens (including phenoxy) is 2. The molecule has 0 saturated carbocycles. The number of esters is 1. The van der Waals surface area contributed by atoms with Gasteiger partial charge < -0.3 is 23.6 Å². The first kappa shape index (κ1) is 25.0. The predicted octanol–water partition coefficient (Wildman–Crippen LogP) is 4.77. The van der Waals surface area contributed by atoms with Crippen molar-refractivity contribution in [2.24, 2.45) is 5.92 Å². The Morgan fingerprint density at radius 2 is 1.72 bits per heavy atom. The highest BCUT2D eigenvalue weighted by molar-refractivity contribution is 5.95. The second kappa shape index (κ2) is 10.3. The number of methoxy groups -OCH3 is 2. The summed E-state index contributed by atoms with van der Waals surface area (Å²) in [5, 5.41) is 4.87. The summed E-state index contributed by atoms with van der Waals surface area (Å²) in [5.74, 6) is 0.748. The minimum absolute atomic E-state index is 0.158. The lowest BCUT2D eigenvalue weighted by Gasteiger charge is -2.18. The van der Waals surface area contributed by atoms with E-state index >= 15 is 0 Å². The van der Waals surface area contributed by atoms with Crippen molar-refractivity contribution < 1.29 is 27.9 Å². The largest absolute Gasteiger partial charge is 0.497 e. The van der Waals surface area contributed by atoms with Crippen molar-refractivity contribution in [3.05, 3.63) is 64.2 Å². The van der Waals surface area contributed by atoms with Crippen LogP contribution in [0.2, 0.25) is 0 Å². The Morgan fingerprint density at radius 1 is 1.00 bits per heavy atom. The fourth-order valence-corrected chi connectivity index (χ4v) is 4.35. The van der Waals surface area contributed by atoms with E-state index in [-0.39, 0.29) is 17.7 Å². The zero-order chi connectivity index (χ0) is 26.0. The normalized spacial score (nSPS) is 12.2. The molecule has 1 amide bonds. The molecule has 0 radical (unpaired) electrons. The van der Waals surface area contributed by atoms with Gasteiger partial charge in [-0.2, -0.15) is 0 Å². The minimum atomic E-state index is -0.793. The second-order valence-corrected chi connectivity index (χ2v) is 9.17. The number of hydrogen-bond acceptors (Lipinski definition) is 7. The number of nitrogens with one attached hydrogen (secondary N) is 1. The number of amides is 1. The van der Waals surface area contributed by atoms with Gasteiger partial charge in [-0.1, -0.05) is 32.0 Å². The summed E-state index contributed by atoms with van der Waals surface area (Å²) in [7, 11) is 2.90. The molecule has 1 atom stereocenters. The van der Waals surface area contributed by atoms with Crippen molar-refractivity contribution in [2.45, 2.75) is 39.7 Å². The predicted molar refractivity (Wildman–Crippen MR) is 136 cm³/mol. The van der Waals surface area contributed by atoms with E-state index in [2.05, 4.69) is 5.32 Å². The monoisotopic (exact) mass is 491 g/mol. The molecule has 4 aromatic rings. The number of carbonyl (C=O) groups excluding carboxylic acids is 2. The number of benzene rings is 2. The summed E-state index contributed by atoms with van der Waals surface area (Å²) < 4.78 is 21.6. The van der Waals surface area contributed by atoms with Crippen molar-refractivity contribution in [3.63, 3.8) is 0 Å². The van der Waals surface area contributed by atoms with Crippen LogP contribution in [0.3, 0.4) is 0 Å². The van der Waals surface area contributed by atoms with Gasteiger partial charge in [0.15, 0.2) is 0 Å². The van der Waals surface area contributed by atoms with E-state index in [0.29, 0.717) is 34.7 Å². The first-order valence-electron chi connectivity index (χ1n) is 11.7. The fourth-order valence-electron chi connectivity index (χ4n) is 4.35. The summed E-state index contributed by atoms with van der Waals surface area (Å²) in [6.07, 6.45) is 0.245. The van der Waals surface area contributed by atoms with E-state index in [1.54, 1.807) is 20.1 Å². The molecule has 2 aromatic carbocycles. The van der Waals surface area contributed by atoms with Crippen molar-refractivity contribution in [1.29, 1.82) is 0 Å². The fraction of sp³-hybridized carbons (Fsp3) is 0.321. The van der Waals surface area contributed by atoms with Gasteiger partial charge >= 0.3 is 11.6 Å². The summed E-state index contributed by atoms with van der Waals surface area (Å²) >= 11 is 0. The second-order valence-electron chi connectivity index (χ2n) is 9.17. The van der Waals surface area contributed by atoms with Crippen LogP contribution in [0, 0.1) is 12.8 Å². The van der Waals surface area contributed by atoms with Crippen molar-refractivity contribution in [1.82, 2.24) is 5.32 Å². The SMILES string of the molecule is COC(=O)[C@H](CC(C)C)NC(=O)Cc1c(-c2ccc3cc(OC)ccc3c2)oc2cc(C)oc(=O)c12. The van der Waals surface area contributed by atoms with Gasteiger partial charge in [0.25, 0.3) is 0 Å². The molecule has 188 valence electrons. The number of fused-ring (bicyclic) bond motifs is 2. The molecule has 0 fully saturated rings. The molecular formula is C28H29NO7. The molecule has 0 bridgehead atoms. The van der Waals surface area contributed by atoms with E-state index < -0.39 is 23.5 Å². The molecule has 8 heteroatoms. The van der Waals surface area contributed by atoms with Gasteiger partial charge in [0, 0.05) is 17.2 Å². The molecular weight excluding hydrogens is 462 g/mol. The van der Waals surface area contributed by atoms with E-state index in [4.69, 9.17) is 18.3 Å². The molecule has 0 aliphatic heterocycles. The topological polar surface area (TPSA) is 108 Å². The average molecular weight is 492 g/mol. The molecule has 1 N–H and O–H groups in total. The maximum Gasteiger partial charge on any atom is 0.347 e. The summed E-state index contributed by atoms with van der Waals surface area (Å²) in [5.41, 5.74) is 0.857. The highest BCUT2D eigenvalue weighted by Gasteiger charge is 2.26. The molecule has 0 unspecified atom stereocenters. The highest BCUT2D eigenvalue weighted by Crippen LogP contribution is 2.35. The van der Waals surface area contributed by atoms with Gasteiger partial charge in [0.1, 0.15) is 34.3 Å². The van der Waals surface area contributed by atoms with Crippen LogP contribution in [0.1, 0.15) is 31.6 Å². The Morgan fingerprint density at radius 3 is 2.42 bits per heavy atom. The first-order chi connectivity index (χ1) is 17.2. The lowest BCUT2D eigenvalue weighted by atomic mass is 9.99.